The monoisotopic (exact) mass is 847 g/mol. The highest BCUT2D eigenvalue weighted by molar-refractivity contribution is 5.71. The summed E-state index contributed by atoms with van der Waals surface area (Å²) in [6.45, 7) is 6.64. The number of hydrogen-bond acceptors (Lipinski definition) is 6. The number of rotatable bonds is 49. The van der Waals surface area contributed by atoms with Crippen LogP contribution in [0.4, 0.5) is 0 Å². The molecule has 6 nitrogen and oxygen atoms in total. The van der Waals surface area contributed by atoms with Gasteiger partial charge in [-0.3, -0.25) is 14.4 Å². The second kappa shape index (κ2) is 49.8. The van der Waals surface area contributed by atoms with Gasteiger partial charge in [-0.25, -0.2) is 0 Å². The summed E-state index contributed by atoms with van der Waals surface area (Å²) in [5.41, 5.74) is 0. The maximum absolute atomic E-state index is 12.7. The first kappa shape index (κ1) is 58.1. The molecule has 0 aliphatic rings. The first-order chi connectivity index (χ1) is 29.5. The number of unbranched alkanes of at least 4 members (excludes halogenated alkanes) is 36. The molecular weight excluding hydrogens is 745 g/mol. The number of allylic oxidation sites excluding steroid dienone is 2. The fraction of sp³-hybridized carbons (Fsp3) is 0.907. The lowest BCUT2D eigenvalue weighted by Gasteiger charge is -2.18. The van der Waals surface area contributed by atoms with Crippen LogP contribution in [0.3, 0.4) is 0 Å². The summed E-state index contributed by atoms with van der Waals surface area (Å²) >= 11 is 0. The molecule has 1 unspecified atom stereocenters. The van der Waals surface area contributed by atoms with Gasteiger partial charge in [0.25, 0.3) is 0 Å². The van der Waals surface area contributed by atoms with E-state index in [0.717, 1.165) is 57.8 Å². The largest absolute Gasteiger partial charge is 0.462 e. The smallest absolute Gasteiger partial charge is 0.306 e. The van der Waals surface area contributed by atoms with Gasteiger partial charge < -0.3 is 14.2 Å². The summed E-state index contributed by atoms with van der Waals surface area (Å²) in [4.78, 5) is 37.8. The maximum Gasteiger partial charge on any atom is 0.306 e. The second-order valence-electron chi connectivity index (χ2n) is 18.2. The highest BCUT2D eigenvalue weighted by Gasteiger charge is 2.19. The molecular formula is C54H102O6. The Morgan fingerprint density at radius 3 is 0.833 bits per heavy atom. The standard InChI is InChI=1S/C54H102O6/c1-4-7-10-13-16-19-21-23-24-25-26-27-28-29-30-32-33-35-38-41-44-47-53(56)59-50-51(49-58-52(55)46-43-40-37-18-15-12-9-6-3)60-54(57)48-45-42-39-36-34-31-22-20-17-14-11-8-5-2/h25-26,51H,4-24,27-50H2,1-3H3/b26-25-. The lowest BCUT2D eigenvalue weighted by Crippen LogP contribution is -2.30. The Kier molecular flexibility index (Phi) is 48.3. The number of hydrogen-bond donors (Lipinski definition) is 0. The van der Waals surface area contributed by atoms with Gasteiger partial charge >= 0.3 is 17.9 Å². The summed E-state index contributed by atoms with van der Waals surface area (Å²) in [7, 11) is 0. The van der Waals surface area contributed by atoms with Gasteiger partial charge in [-0.2, -0.15) is 0 Å². The fourth-order valence-electron chi connectivity index (χ4n) is 7.97. The Labute approximate surface area is 373 Å². The third-order valence-electron chi connectivity index (χ3n) is 12.0. The predicted octanol–water partition coefficient (Wildman–Crippen LogP) is 17.4. The summed E-state index contributed by atoms with van der Waals surface area (Å²) in [6, 6.07) is 0. The molecule has 60 heavy (non-hydrogen) atoms. The lowest BCUT2D eigenvalue weighted by atomic mass is 10.0. The van der Waals surface area contributed by atoms with E-state index >= 15 is 0 Å². The third kappa shape index (κ3) is 47.2. The molecule has 0 N–H and O–H groups in total. The van der Waals surface area contributed by atoms with Crippen LogP contribution in [0.25, 0.3) is 0 Å². The number of esters is 3. The van der Waals surface area contributed by atoms with Gasteiger partial charge in [0, 0.05) is 19.3 Å². The predicted molar refractivity (Wildman–Crippen MR) is 256 cm³/mol. The normalized spacial score (nSPS) is 12.0. The zero-order chi connectivity index (χ0) is 43.7. The molecule has 0 heterocycles. The highest BCUT2D eigenvalue weighted by atomic mass is 16.6. The Balaban J connectivity index is 4.18. The molecule has 0 fully saturated rings. The van der Waals surface area contributed by atoms with Crippen molar-refractivity contribution in [1.82, 2.24) is 0 Å². The van der Waals surface area contributed by atoms with Crippen molar-refractivity contribution in [3.63, 3.8) is 0 Å². The van der Waals surface area contributed by atoms with Gasteiger partial charge in [0.2, 0.25) is 0 Å². The van der Waals surface area contributed by atoms with Crippen molar-refractivity contribution in [1.29, 1.82) is 0 Å². The molecule has 0 aliphatic heterocycles. The molecule has 0 amide bonds. The average Bonchev–Trinajstić information content (AvgIpc) is 3.24. The SMILES string of the molecule is CCCCCCCCCC/C=C\CCCCCCCCCCCC(=O)OCC(COC(=O)CCCCCCCCCC)OC(=O)CCCCCCCCCCCCCCC. The van der Waals surface area contributed by atoms with E-state index in [1.54, 1.807) is 0 Å². The maximum atomic E-state index is 12.7. The van der Waals surface area contributed by atoms with Crippen molar-refractivity contribution >= 4 is 17.9 Å². The van der Waals surface area contributed by atoms with Crippen LogP contribution in [0.1, 0.15) is 297 Å². The minimum Gasteiger partial charge on any atom is -0.462 e. The van der Waals surface area contributed by atoms with Crippen LogP contribution in [0.5, 0.6) is 0 Å². The van der Waals surface area contributed by atoms with Crippen LogP contribution in [-0.4, -0.2) is 37.2 Å². The summed E-state index contributed by atoms with van der Waals surface area (Å²) in [5, 5.41) is 0. The molecule has 0 aromatic carbocycles. The zero-order valence-corrected chi connectivity index (χ0v) is 40.5. The minimum atomic E-state index is -0.762. The van der Waals surface area contributed by atoms with E-state index in [0.29, 0.717) is 19.3 Å². The van der Waals surface area contributed by atoms with Crippen molar-refractivity contribution in [2.45, 2.75) is 303 Å². The Morgan fingerprint density at radius 1 is 0.317 bits per heavy atom. The van der Waals surface area contributed by atoms with E-state index in [-0.39, 0.29) is 31.1 Å². The van der Waals surface area contributed by atoms with Crippen LogP contribution in [0.15, 0.2) is 12.2 Å². The van der Waals surface area contributed by atoms with Crippen LogP contribution in [0.2, 0.25) is 0 Å². The van der Waals surface area contributed by atoms with E-state index < -0.39 is 6.10 Å². The first-order valence-electron chi connectivity index (χ1n) is 26.7. The summed E-state index contributed by atoms with van der Waals surface area (Å²) < 4.78 is 16.8. The van der Waals surface area contributed by atoms with Crippen molar-refractivity contribution in [2.24, 2.45) is 0 Å². The highest BCUT2D eigenvalue weighted by Crippen LogP contribution is 2.16. The van der Waals surface area contributed by atoms with Crippen LogP contribution in [-0.2, 0) is 28.6 Å². The molecule has 0 aromatic heterocycles. The van der Waals surface area contributed by atoms with E-state index in [2.05, 4.69) is 32.9 Å². The Bertz CT molecular complexity index is 931. The zero-order valence-electron chi connectivity index (χ0n) is 40.5. The first-order valence-corrected chi connectivity index (χ1v) is 26.7. The molecule has 0 aliphatic carbocycles. The number of carbonyl (C=O) groups is 3. The van der Waals surface area contributed by atoms with Crippen LogP contribution >= 0.6 is 0 Å². The van der Waals surface area contributed by atoms with E-state index in [9.17, 15) is 14.4 Å². The van der Waals surface area contributed by atoms with Gasteiger partial charge in [0.1, 0.15) is 13.2 Å². The molecule has 0 aromatic rings. The summed E-state index contributed by atoms with van der Waals surface area (Å²) in [5.74, 6) is -0.856. The molecule has 0 saturated carbocycles. The van der Waals surface area contributed by atoms with Crippen LogP contribution in [0, 0.1) is 0 Å². The Morgan fingerprint density at radius 2 is 0.550 bits per heavy atom. The van der Waals surface area contributed by atoms with E-state index in [4.69, 9.17) is 14.2 Å². The van der Waals surface area contributed by atoms with Gasteiger partial charge in [0.05, 0.1) is 0 Å². The quantitative estimate of drug-likeness (QED) is 0.0263. The molecule has 0 radical (unpaired) electrons. The Hall–Kier alpha value is -1.85. The van der Waals surface area contributed by atoms with Crippen molar-refractivity contribution < 1.29 is 28.6 Å². The van der Waals surface area contributed by atoms with E-state index in [1.165, 1.54) is 199 Å². The minimum absolute atomic E-state index is 0.0659. The van der Waals surface area contributed by atoms with Crippen molar-refractivity contribution in [3.8, 4) is 0 Å². The topological polar surface area (TPSA) is 78.9 Å². The van der Waals surface area contributed by atoms with Gasteiger partial charge in [-0.15, -0.1) is 0 Å². The summed E-state index contributed by atoms with van der Waals surface area (Å²) in [6.07, 6.45) is 55.0. The molecule has 354 valence electrons. The molecule has 0 saturated heterocycles. The fourth-order valence-corrected chi connectivity index (χ4v) is 7.97. The molecule has 6 heteroatoms. The van der Waals surface area contributed by atoms with Gasteiger partial charge in [0.15, 0.2) is 6.10 Å². The molecule has 1 atom stereocenters. The molecule has 0 spiro atoms. The van der Waals surface area contributed by atoms with Crippen LogP contribution < -0.4 is 0 Å². The molecule has 0 bridgehead atoms. The second-order valence-corrected chi connectivity index (χ2v) is 18.2. The van der Waals surface area contributed by atoms with Crippen molar-refractivity contribution in [2.75, 3.05) is 13.2 Å². The number of carbonyl (C=O) groups excluding carboxylic acids is 3. The molecule has 0 rings (SSSR count). The van der Waals surface area contributed by atoms with Crippen molar-refractivity contribution in [3.05, 3.63) is 12.2 Å². The van der Waals surface area contributed by atoms with Gasteiger partial charge in [-0.1, -0.05) is 245 Å². The lowest BCUT2D eigenvalue weighted by molar-refractivity contribution is -0.167. The van der Waals surface area contributed by atoms with E-state index in [1.807, 2.05) is 0 Å². The average molecular weight is 847 g/mol. The number of ether oxygens (including phenoxy) is 3. The third-order valence-corrected chi connectivity index (χ3v) is 12.0. The van der Waals surface area contributed by atoms with Gasteiger partial charge in [-0.05, 0) is 44.9 Å².